The molecule has 0 aromatic carbocycles. The Hall–Kier alpha value is -1.07. The molecule has 1 heterocycles. The molecule has 7 unspecified atom stereocenters. The predicted octanol–water partition coefficient (Wildman–Crippen LogP) is 6.22. The molecule has 0 saturated carbocycles. The minimum atomic E-state index is -1.56. The van der Waals surface area contributed by atoms with Crippen molar-refractivity contribution in [3.8, 4) is 0 Å². The lowest BCUT2D eigenvalue weighted by atomic mass is 9.99. The molecule has 272 valence electrons. The van der Waals surface area contributed by atoms with Gasteiger partial charge in [0.2, 0.25) is 5.91 Å². The SMILES string of the molecule is CCC/C=C/C(O)C(COC1OC(CO)C(O)C(O)C1O)NC(=O)CCCCCCCCCCCCCCCCCCCCCC. The van der Waals surface area contributed by atoms with Gasteiger partial charge in [-0.2, -0.15) is 0 Å². The Morgan fingerprint density at radius 3 is 1.65 bits per heavy atom. The highest BCUT2D eigenvalue weighted by Crippen LogP contribution is 2.22. The van der Waals surface area contributed by atoms with Crippen LogP contribution in [0.15, 0.2) is 12.2 Å². The summed E-state index contributed by atoms with van der Waals surface area (Å²) in [7, 11) is 0. The van der Waals surface area contributed by atoms with Crippen molar-refractivity contribution in [1.29, 1.82) is 0 Å². The van der Waals surface area contributed by atoms with E-state index < -0.39 is 49.5 Å². The average molecular weight is 658 g/mol. The van der Waals surface area contributed by atoms with Crippen LogP contribution >= 0.6 is 0 Å². The first-order chi connectivity index (χ1) is 22.3. The van der Waals surface area contributed by atoms with Gasteiger partial charge in [-0.15, -0.1) is 0 Å². The molecule has 0 radical (unpaired) electrons. The Morgan fingerprint density at radius 1 is 0.717 bits per heavy atom. The molecule has 1 aliphatic heterocycles. The molecule has 1 aliphatic rings. The average Bonchev–Trinajstić information content (AvgIpc) is 3.05. The molecule has 1 saturated heterocycles. The van der Waals surface area contributed by atoms with Crippen molar-refractivity contribution in [2.75, 3.05) is 13.2 Å². The molecule has 1 rings (SSSR count). The summed E-state index contributed by atoms with van der Waals surface area (Å²) in [4.78, 5) is 12.7. The summed E-state index contributed by atoms with van der Waals surface area (Å²) in [6, 6.07) is -0.793. The zero-order chi connectivity index (χ0) is 33.8. The van der Waals surface area contributed by atoms with Crippen molar-refractivity contribution >= 4 is 5.91 Å². The van der Waals surface area contributed by atoms with Crippen molar-refractivity contribution < 1.29 is 39.8 Å². The minimum Gasteiger partial charge on any atom is -0.394 e. The number of aliphatic hydroxyl groups excluding tert-OH is 5. The molecular weight excluding hydrogens is 586 g/mol. The van der Waals surface area contributed by atoms with Crippen molar-refractivity contribution in [3.05, 3.63) is 12.2 Å². The lowest BCUT2D eigenvalue weighted by Gasteiger charge is -2.40. The molecular formula is C37H71NO8. The van der Waals surface area contributed by atoms with Crippen LogP contribution in [0, 0.1) is 0 Å². The molecule has 7 atom stereocenters. The molecule has 9 nitrogen and oxygen atoms in total. The van der Waals surface area contributed by atoms with Crippen LogP contribution in [0.2, 0.25) is 0 Å². The van der Waals surface area contributed by atoms with E-state index in [1.54, 1.807) is 6.08 Å². The van der Waals surface area contributed by atoms with Crippen molar-refractivity contribution in [2.45, 2.75) is 204 Å². The summed E-state index contributed by atoms with van der Waals surface area (Å²) in [5.74, 6) is -0.187. The lowest BCUT2D eigenvalue weighted by molar-refractivity contribution is -0.302. The molecule has 46 heavy (non-hydrogen) atoms. The molecule has 1 fully saturated rings. The smallest absolute Gasteiger partial charge is 0.220 e. The summed E-state index contributed by atoms with van der Waals surface area (Å²) < 4.78 is 11.0. The first kappa shape index (κ1) is 43.0. The fourth-order valence-electron chi connectivity index (χ4n) is 5.99. The van der Waals surface area contributed by atoms with Crippen molar-refractivity contribution in [1.82, 2.24) is 5.32 Å². The normalized spacial score (nSPS) is 23.2. The van der Waals surface area contributed by atoms with Gasteiger partial charge in [0.1, 0.15) is 24.4 Å². The van der Waals surface area contributed by atoms with E-state index in [1.807, 2.05) is 13.0 Å². The van der Waals surface area contributed by atoms with Gasteiger partial charge in [0.25, 0.3) is 0 Å². The number of hydrogen-bond acceptors (Lipinski definition) is 8. The standard InChI is InChI=1S/C37H71NO8/c1-3-5-7-8-9-10-11-12-13-14-15-16-17-18-19-20-21-22-23-25-27-33(41)38-30(31(40)26-24-6-4-2)29-45-37-36(44)35(43)34(42)32(28-39)46-37/h24,26,30-32,34-37,39-40,42-44H,3-23,25,27-29H2,1-2H3,(H,38,41)/b26-24+. The van der Waals surface area contributed by atoms with Gasteiger partial charge in [-0.05, 0) is 12.8 Å². The molecule has 1 amide bonds. The van der Waals surface area contributed by atoms with Gasteiger partial charge in [0.15, 0.2) is 6.29 Å². The summed E-state index contributed by atoms with van der Waals surface area (Å²) in [6.07, 6.45) is 23.5. The Balaban J connectivity index is 2.16. The third-order valence-corrected chi connectivity index (χ3v) is 9.09. The Labute approximate surface area is 280 Å². The first-order valence-electron chi connectivity index (χ1n) is 18.9. The van der Waals surface area contributed by atoms with E-state index in [0.29, 0.717) is 6.42 Å². The number of allylic oxidation sites excluding steroid dienone is 1. The van der Waals surface area contributed by atoms with Crippen LogP contribution in [0.4, 0.5) is 0 Å². The van der Waals surface area contributed by atoms with E-state index in [4.69, 9.17) is 9.47 Å². The number of aliphatic hydroxyl groups is 5. The molecule has 9 heteroatoms. The second kappa shape index (κ2) is 28.9. The van der Waals surface area contributed by atoms with Gasteiger partial charge in [0, 0.05) is 6.42 Å². The summed E-state index contributed by atoms with van der Waals surface area (Å²) in [6.45, 7) is 3.55. The third-order valence-electron chi connectivity index (χ3n) is 9.09. The summed E-state index contributed by atoms with van der Waals surface area (Å²) in [5.41, 5.74) is 0. The van der Waals surface area contributed by atoms with Crippen LogP contribution in [0.25, 0.3) is 0 Å². The second-order valence-electron chi connectivity index (χ2n) is 13.4. The molecule has 0 aromatic heterocycles. The van der Waals surface area contributed by atoms with E-state index in [0.717, 1.165) is 32.1 Å². The maximum Gasteiger partial charge on any atom is 0.220 e. The number of unbranched alkanes of at least 4 members (excludes halogenated alkanes) is 20. The first-order valence-corrected chi connectivity index (χ1v) is 18.9. The summed E-state index contributed by atoms with van der Waals surface area (Å²) >= 11 is 0. The van der Waals surface area contributed by atoms with Crippen LogP contribution in [-0.4, -0.2) is 87.5 Å². The van der Waals surface area contributed by atoms with Crippen molar-refractivity contribution in [2.24, 2.45) is 0 Å². The van der Waals surface area contributed by atoms with Gasteiger partial charge < -0.3 is 40.3 Å². The van der Waals surface area contributed by atoms with Crippen LogP contribution in [0.5, 0.6) is 0 Å². The molecule has 0 aromatic rings. The quantitative estimate of drug-likeness (QED) is 0.0394. The summed E-state index contributed by atoms with van der Waals surface area (Å²) in [5, 5.41) is 53.2. The third kappa shape index (κ3) is 20.3. The molecule has 0 spiro atoms. The van der Waals surface area contributed by atoms with Gasteiger partial charge in [-0.1, -0.05) is 154 Å². The van der Waals surface area contributed by atoms with Crippen LogP contribution in [0.1, 0.15) is 162 Å². The monoisotopic (exact) mass is 658 g/mol. The zero-order valence-corrected chi connectivity index (χ0v) is 29.3. The number of nitrogens with one attached hydrogen (secondary N) is 1. The fraction of sp³-hybridized carbons (Fsp3) is 0.919. The van der Waals surface area contributed by atoms with Gasteiger partial charge in [-0.3, -0.25) is 4.79 Å². The van der Waals surface area contributed by atoms with Crippen LogP contribution < -0.4 is 5.32 Å². The fourth-order valence-corrected chi connectivity index (χ4v) is 5.99. The maximum atomic E-state index is 12.7. The number of carbonyl (C=O) groups excluding carboxylic acids is 1. The van der Waals surface area contributed by atoms with E-state index in [-0.39, 0.29) is 12.5 Å². The van der Waals surface area contributed by atoms with E-state index in [1.165, 1.54) is 109 Å². The lowest BCUT2D eigenvalue weighted by Crippen LogP contribution is -2.60. The van der Waals surface area contributed by atoms with Gasteiger partial charge in [0.05, 0.1) is 25.4 Å². The second-order valence-corrected chi connectivity index (χ2v) is 13.4. The Morgan fingerprint density at radius 2 is 1.20 bits per heavy atom. The largest absolute Gasteiger partial charge is 0.394 e. The highest BCUT2D eigenvalue weighted by Gasteiger charge is 2.44. The number of ether oxygens (including phenoxy) is 2. The minimum absolute atomic E-state index is 0.187. The van der Waals surface area contributed by atoms with Gasteiger partial charge in [-0.25, -0.2) is 0 Å². The number of amides is 1. The number of rotatable bonds is 30. The van der Waals surface area contributed by atoms with Crippen LogP contribution in [-0.2, 0) is 14.3 Å². The molecule has 0 bridgehead atoms. The Kier molecular flexibility index (Phi) is 27.0. The van der Waals surface area contributed by atoms with Crippen molar-refractivity contribution in [3.63, 3.8) is 0 Å². The zero-order valence-electron chi connectivity index (χ0n) is 29.3. The molecule has 6 N–H and O–H groups in total. The van der Waals surface area contributed by atoms with E-state index in [9.17, 15) is 30.3 Å². The molecule has 0 aliphatic carbocycles. The highest BCUT2D eigenvalue weighted by molar-refractivity contribution is 5.76. The van der Waals surface area contributed by atoms with Crippen LogP contribution in [0.3, 0.4) is 0 Å². The van der Waals surface area contributed by atoms with E-state index in [2.05, 4.69) is 12.2 Å². The van der Waals surface area contributed by atoms with Gasteiger partial charge >= 0.3 is 0 Å². The maximum absolute atomic E-state index is 12.7. The number of carbonyl (C=O) groups is 1. The number of hydrogen-bond donors (Lipinski definition) is 6. The predicted molar refractivity (Wildman–Crippen MR) is 184 cm³/mol. The highest BCUT2D eigenvalue weighted by atomic mass is 16.7. The topological polar surface area (TPSA) is 149 Å². The van der Waals surface area contributed by atoms with E-state index >= 15 is 0 Å². The Bertz CT molecular complexity index is 736.